The van der Waals surface area contributed by atoms with E-state index in [0.29, 0.717) is 28.6 Å². The number of pyridine rings is 1. The molecule has 1 aromatic carbocycles. The van der Waals surface area contributed by atoms with Crippen molar-refractivity contribution in [3.05, 3.63) is 68.5 Å². The Morgan fingerprint density at radius 3 is 2.76 bits per heavy atom. The quantitative estimate of drug-likeness (QED) is 0.424. The average Bonchev–Trinajstić information content (AvgIpc) is 3.23. The van der Waals surface area contributed by atoms with Crippen LogP contribution in [-0.4, -0.2) is 21.1 Å². The van der Waals surface area contributed by atoms with Gasteiger partial charge in [0.15, 0.2) is 10.4 Å². The first kappa shape index (κ1) is 19.4. The van der Waals surface area contributed by atoms with Crippen molar-refractivity contribution < 1.29 is 13.5 Å². The third kappa shape index (κ3) is 3.47. The largest absolute Gasteiger partial charge is 0.492 e. The summed E-state index contributed by atoms with van der Waals surface area (Å²) in [7, 11) is 0. The van der Waals surface area contributed by atoms with Gasteiger partial charge in [-0.25, -0.2) is 13.8 Å². The number of thiophene rings is 1. The van der Waals surface area contributed by atoms with E-state index >= 15 is 0 Å². The topological polar surface area (TPSA) is 59.9 Å². The average molecular weight is 431 g/mol. The number of hydrogen-bond donors (Lipinski definition) is 1. The number of halogens is 2. The molecule has 148 valence electrons. The molecule has 4 rings (SSSR count). The van der Waals surface area contributed by atoms with Crippen LogP contribution in [0.3, 0.4) is 0 Å². The first-order chi connectivity index (χ1) is 14.0. The maximum Gasteiger partial charge on any atom is 0.264 e. The van der Waals surface area contributed by atoms with Gasteiger partial charge in [0.1, 0.15) is 5.75 Å². The zero-order valence-corrected chi connectivity index (χ0v) is 16.8. The van der Waals surface area contributed by atoms with Gasteiger partial charge in [-0.15, -0.1) is 11.3 Å². The van der Waals surface area contributed by atoms with E-state index in [1.54, 1.807) is 30.3 Å². The fraction of sp³-hybridized carbons (Fsp3) is 0.150. The number of H-pyrrole nitrogens is 1. The van der Waals surface area contributed by atoms with E-state index in [0.717, 1.165) is 0 Å². The number of ether oxygens (including phenoxy) is 1. The maximum absolute atomic E-state index is 13.9. The second-order valence-electron chi connectivity index (χ2n) is 6.07. The van der Waals surface area contributed by atoms with Gasteiger partial charge in [-0.2, -0.15) is 0 Å². The molecule has 0 aliphatic heterocycles. The fourth-order valence-corrected chi connectivity index (χ4v) is 4.09. The van der Waals surface area contributed by atoms with Gasteiger partial charge in [0.05, 0.1) is 28.3 Å². The lowest BCUT2D eigenvalue weighted by Gasteiger charge is -2.16. The van der Waals surface area contributed by atoms with Crippen molar-refractivity contribution in [1.82, 2.24) is 14.5 Å². The molecule has 9 heteroatoms. The smallest absolute Gasteiger partial charge is 0.264 e. The Hall–Kier alpha value is -2.91. The number of fused-ring (bicyclic) bond motifs is 1. The highest BCUT2D eigenvalue weighted by molar-refractivity contribution is 7.71. The number of nitrogens with zero attached hydrogens (tertiary/aromatic N) is 2. The lowest BCUT2D eigenvalue weighted by Crippen LogP contribution is -2.17. The molecule has 4 aromatic rings. The molecule has 29 heavy (non-hydrogen) atoms. The van der Waals surface area contributed by atoms with Crippen LogP contribution in [0.2, 0.25) is 0 Å². The molecule has 3 aromatic heterocycles. The number of benzene rings is 1. The van der Waals surface area contributed by atoms with Crippen molar-refractivity contribution in [2.45, 2.75) is 13.3 Å². The van der Waals surface area contributed by atoms with E-state index in [-0.39, 0.29) is 15.8 Å². The molecule has 0 unspecified atom stereocenters. The predicted octanol–water partition coefficient (Wildman–Crippen LogP) is 5.51. The van der Waals surface area contributed by atoms with Gasteiger partial charge in [0, 0.05) is 5.56 Å². The van der Waals surface area contributed by atoms with Gasteiger partial charge in [0.25, 0.3) is 12.0 Å². The van der Waals surface area contributed by atoms with Crippen LogP contribution < -0.4 is 10.3 Å². The molecule has 0 radical (unpaired) electrons. The lowest BCUT2D eigenvalue weighted by molar-refractivity contribution is 0.153. The molecule has 0 atom stereocenters. The van der Waals surface area contributed by atoms with E-state index in [9.17, 15) is 13.6 Å². The number of hydrogen-bond acceptors (Lipinski definition) is 5. The third-order valence-electron chi connectivity index (χ3n) is 4.31. The molecular weight excluding hydrogens is 416 g/mol. The lowest BCUT2D eigenvalue weighted by atomic mass is 10.1. The summed E-state index contributed by atoms with van der Waals surface area (Å²) in [6.45, 7) is 2.24. The van der Waals surface area contributed by atoms with Crippen LogP contribution in [0.25, 0.3) is 27.3 Å². The highest BCUT2D eigenvalue weighted by Gasteiger charge is 2.22. The Labute approximate surface area is 173 Å². The molecule has 0 saturated heterocycles. The molecule has 0 spiro atoms. The normalized spacial score (nSPS) is 11.3. The number of aromatic amines is 1. The summed E-state index contributed by atoms with van der Waals surface area (Å²) >= 11 is 6.74. The molecule has 0 amide bonds. The highest BCUT2D eigenvalue weighted by Crippen LogP contribution is 2.33. The van der Waals surface area contributed by atoms with Gasteiger partial charge < -0.3 is 4.74 Å². The number of para-hydroxylation sites is 2. The minimum Gasteiger partial charge on any atom is -0.492 e. The van der Waals surface area contributed by atoms with Gasteiger partial charge in [0.2, 0.25) is 0 Å². The van der Waals surface area contributed by atoms with Crippen LogP contribution in [0.1, 0.15) is 18.9 Å². The van der Waals surface area contributed by atoms with Crippen molar-refractivity contribution in [2.24, 2.45) is 0 Å². The number of aromatic nitrogens is 3. The predicted molar refractivity (Wildman–Crippen MR) is 112 cm³/mol. The number of nitrogens with one attached hydrogen (secondary N) is 1. The summed E-state index contributed by atoms with van der Waals surface area (Å²) in [4.78, 5) is 20.3. The van der Waals surface area contributed by atoms with E-state index < -0.39 is 17.5 Å². The summed E-state index contributed by atoms with van der Waals surface area (Å²) < 4.78 is 35.0. The molecule has 0 aliphatic carbocycles. The number of rotatable bonds is 5. The van der Waals surface area contributed by atoms with Crippen LogP contribution in [0.5, 0.6) is 5.75 Å². The van der Waals surface area contributed by atoms with E-state index in [2.05, 4.69) is 9.97 Å². The summed E-state index contributed by atoms with van der Waals surface area (Å²) in [6.07, 6.45) is -2.85. The van der Waals surface area contributed by atoms with E-state index in [4.69, 9.17) is 17.0 Å². The zero-order chi connectivity index (χ0) is 20.5. The van der Waals surface area contributed by atoms with Crippen LogP contribution >= 0.6 is 23.6 Å². The molecule has 1 N–H and O–H groups in total. The summed E-state index contributed by atoms with van der Waals surface area (Å²) in [6, 6.07) is 11.9. The van der Waals surface area contributed by atoms with Crippen molar-refractivity contribution in [3.8, 4) is 22.0 Å². The minimum absolute atomic E-state index is 0.0469. The summed E-state index contributed by atoms with van der Waals surface area (Å²) in [5, 5.41) is 1.64. The van der Waals surface area contributed by atoms with Gasteiger partial charge in [-0.1, -0.05) is 18.2 Å². The molecular formula is C20H15F2N3O2S2. The highest BCUT2D eigenvalue weighted by atomic mass is 32.1. The maximum atomic E-state index is 13.9. The molecule has 0 aliphatic rings. The monoisotopic (exact) mass is 431 g/mol. The van der Waals surface area contributed by atoms with Gasteiger partial charge in [-0.05, 0) is 48.8 Å². The van der Waals surface area contributed by atoms with Gasteiger partial charge >= 0.3 is 0 Å². The standard InChI is InChI=1S/C20H15F2N3O2S2/c1-2-27-14-7-4-3-6-13(14)25-18-16(19(26)24-20(25)28)11(17(21)22)10-12(23-18)15-8-5-9-29-15/h3-10,17H,2H2,1H3,(H,24,26,28). The Kier molecular flexibility index (Phi) is 5.25. The zero-order valence-electron chi connectivity index (χ0n) is 15.2. The number of alkyl halides is 2. The fourth-order valence-electron chi connectivity index (χ4n) is 3.12. The summed E-state index contributed by atoms with van der Waals surface area (Å²) in [5.74, 6) is 0.501. The second-order valence-corrected chi connectivity index (χ2v) is 7.40. The molecule has 0 fully saturated rings. The van der Waals surface area contributed by atoms with E-state index in [1.165, 1.54) is 22.0 Å². The molecule has 5 nitrogen and oxygen atoms in total. The Bertz CT molecular complexity index is 1300. The molecule has 3 heterocycles. The minimum atomic E-state index is -2.85. The van der Waals surface area contributed by atoms with Crippen molar-refractivity contribution in [1.29, 1.82) is 0 Å². The SMILES string of the molecule is CCOc1ccccc1-n1c(=S)[nH]c(=O)c2c(C(F)F)cc(-c3cccs3)nc21. The first-order valence-corrected chi connectivity index (χ1v) is 10.0. The Balaban J connectivity index is 2.16. The van der Waals surface area contributed by atoms with Crippen LogP contribution in [-0.2, 0) is 0 Å². The Morgan fingerprint density at radius 2 is 2.07 bits per heavy atom. The first-order valence-electron chi connectivity index (χ1n) is 8.75. The molecule has 0 bridgehead atoms. The van der Waals surface area contributed by atoms with Crippen molar-refractivity contribution >= 4 is 34.6 Å². The van der Waals surface area contributed by atoms with Crippen LogP contribution in [0.4, 0.5) is 8.78 Å². The third-order valence-corrected chi connectivity index (χ3v) is 5.49. The molecule has 0 saturated carbocycles. The van der Waals surface area contributed by atoms with E-state index in [1.807, 2.05) is 18.4 Å². The summed E-state index contributed by atoms with van der Waals surface area (Å²) in [5.41, 5.74) is -0.165. The van der Waals surface area contributed by atoms with Crippen molar-refractivity contribution in [3.63, 3.8) is 0 Å². The van der Waals surface area contributed by atoms with Gasteiger partial charge in [-0.3, -0.25) is 14.3 Å². The second kappa shape index (κ2) is 7.84. The van der Waals surface area contributed by atoms with Crippen LogP contribution in [0.15, 0.2) is 52.6 Å². The van der Waals surface area contributed by atoms with Crippen LogP contribution in [0, 0.1) is 4.77 Å². The Morgan fingerprint density at radius 1 is 1.28 bits per heavy atom. The van der Waals surface area contributed by atoms with Crippen molar-refractivity contribution in [2.75, 3.05) is 6.61 Å².